The number of allylic oxidation sites excluding steroid dienone is 4. The van der Waals surface area contributed by atoms with Gasteiger partial charge in [-0.15, -0.1) is 23.5 Å². The van der Waals surface area contributed by atoms with Gasteiger partial charge >= 0.3 is 0 Å². The summed E-state index contributed by atoms with van der Waals surface area (Å²) >= 11 is 3.46. The summed E-state index contributed by atoms with van der Waals surface area (Å²) in [5.74, 6) is 1.02. The second kappa shape index (κ2) is 8.74. The van der Waals surface area contributed by atoms with Gasteiger partial charge in [0.15, 0.2) is 0 Å². The zero-order chi connectivity index (χ0) is 19.4. The van der Waals surface area contributed by atoms with Crippen molar-refractivity contribution in [3.63, 3.8) is 0 Å². The van der Waals surface area contributed by atoms with E-state index < -0.39 is 5.67 Å². The number of nitrogens with zero attached hydrogens (tertiary/aromatic N) is 1. The van der Waals surface area contributed by atoms with E-state index in [0.717, 1.165) is 34.2 Å². The van der Waals surface area contributed by atoms with Crippen molar-refractivity contribution in [3.8, 4) is 0 Å². The predicted octanol–water partition coefficient (Wildman–Crippen LogP) is 5.59. The first kappa shape index (κ1) is 20.3. The molecule has 148 valence electrons. The van der Waals surface area contributed by atoms with Crippen LogP contribution in [0, 0.1) is 5.92 Å². The molecule has 2 aliphatic carbocycles. The minimum Gasteiger partial charge on any atom is -0.355 e. The highest BCUT2D eigenvalue weighted by Crippen LogP contribution is 2.52. The van der Waals surface area contributed by atoms with Gasteiger partial charge in [0.2, 0.25) is 0 Å². The summed E-state index contributed by atoms with van der Waals surface area (Å²) in [6.45, 7) is 6.13. The monoisotopic (exact) mass is 407 g/mol. The van der Waals surface area contributed by atoms with Crippen LogP contribution in [0.4, 0.5) is 4.39 Å². The van der Waals surface area contributed by atoms with Crippen LogP contribution in [0.25, 0.3) is 5.70 Å². The van der Waals surface area contributed by atoms with E-state index in [1.807, 2.05) is 32.2 Å². The topological polar surface area (TPSA) is 37.0 Å². The largest absolute Gasteiger partial charge is 0.355 e. The minimum atomic E-state index is -1.10. The molecule has 0 bridgehead atoms. The average Bonchev–Trinajstić information content (AvgIpc) is 3.16. The lowest BCUT2D eigenvalue weighted by Gasteiger charge is -2.11. The van der Waals surface area contributed by atoms with Crippen LogP contribution in [0.5, 0.6) is 0 Å². The first-order chi connectivity index (χ1) is 13.1. The number of alkyl halides is 1. The Balaban J connectivity index is 0.000000906. The first-order valence-electron chi connectivity index (χ1n) is 9.60. The molecular formula is C21H30FN3S2. The van der Waals surface area contributed by atoms with Crippen LogP contribution < -0.4 is 10.6 Å². The Bertz CT molecular complexity index is 781. The SMILES string of the molecule is CC.CCSc1cc(C2=C(C3=CC4CC4(F)C=CC3)NC(SC)N2)ccn1.[HH]. The van der Waals surface area contributed by atoms with Gasteiger partial charge in [-0.1, -0.05) is 39.0 Å². The predicted molar refractivity (Wildman–Crippen MR) is 118 cm³/mol. The second-order valence-electron chi connectivity index (χ2n) is 6.51. The van der Waals surface area contributed by atoms with Crippen LogP contribution in [0.15, 0.2) is 52.9 Å². The van der Waals surface area contributed by atoms with Crippen molar-refractivity contribution >= 4 is 29.2 Å². The molecule has 3 unspecified atom stereocenters. The molecule has 27 heavy (non-hydrogen) atoms. The molecule has 0 radical (unpaired) electrons. The highest BCUT2D eigenvalue weighted by Gasteiger charge is 2.52. The maximum Gasteiger partial charge on any atom is 0.145 e. The van der Waals surface area contributed by atoms with E-state index >= 15 is 0 Å². The summed E-state index contributed by atoms with van der Waals surface area (Å²) in [5, 5.41) is 8.17. The smallest absolute Gasteiger partial charge is 0.145 e. The van der Waals surface area contributed by atoms with Crippen molar-refractivity contribution in [2.45, 2.75) is 49.8 Å². The van der Waals surface area contributed by atoms with Crippen molar-refractivity contribution in [2.75, 3.05) is 12.0 Å². The van der Waals surface area contributed by atoms with Crippen molar-refractivity contribution in [1.82, 2.24) is 15.6 Å². The molecule has 1 aromatic rings. The van der Waals surface area contributed by atoms with Crippen LogP contribution in [-0.4, -0.2) is 28.2 Å². The molecule has 1 fully saturated rings. The Morgan fingerprint density at radius 2 is 2.11 bits per heavy atom. The quantitative estimate of drug-likeness (QED) is 0.492. The van der Waals surface area contributed by atoms with E-state index in [2.05, 4.69) is 40.9 Å². The van der Waals surface area contributed by atoms with Crippen LogP contribution >= 0.6 is 23.5 Å². The molecule has 1 saturated carbocycles. The summed E-state index contributed by atoms with van der Waals surface area (Å²) in [4.78, 5) is 4.43. The first-order valence-corrected chi connectivity index (χ1v) is 11.9. The third-order valence-electron chi connectivity index (χ3n) is 4.80. The van der Waals surface area contributed by atoms with Crippen molar-refractivity contribution in [1.29, 1.82) is 0 Å². The Morgan fingerprint density at radius 3 is 2.85 bits per heavy atom. The Kier molecular flexibility index (Phi) is 6.58. The lowest BCUT2D eigenvalue weighted by molar-refractivity contribution is 0.364. The number of hydrogen-bond acceptors (Lipinski definition) is 5. The molecule has 3 nitrogen and oxygen atoms in total. The number of hydrogen-bond donors (Lipinski definition) is 2. The normalized spacial score (nSPS) is 28.3. The van der Waals surface area contributed by atoms with Crippen molar-refractivity contribution in [2.24, 2.45) is 5.92 Å². The fourth-order valence-electron chi connectivity index (χ4n) is 3.38. The Morgan fingerprint density at radius 1 is 1.33 bits per heavy atom. The highest BCUT2D eigenvalue weighted by atomic mass is 32.2. The van der Waals surface area contributed by atoms with Crippen molar-refractivity contribution < 1.29 is 5.82 Å². The van der Waals surface area contributed by atoms with Gasteiger partial charge in [-0.2, -0.15) is 0 Å². The Hall–Kier alpha value is -1.40. The van der Waals surface area contributed by atoms with E-state index in [-0.39, 0.29) is 12.8 Å². The fraction of sp³-hybridized carbons (Fsp3) is 0.476. The van der Waals surface area contributed by atoms with Crippen LogP contribution in [0.2, 0.25) is 0 Å². The number of fused-ring (bicyclic) bond motifs is 1. The highest BCUT2D eigenvalue weighted by molar-refractivity contribution is 7.99. The van der Waals surface area contributed by atoms with Gasteiger partial charge in [-0.05, 0) is 42.6 Å². The lowest BCUT2D eigenvalue weighted by Crippen LogP contribution is -2.29. The van der Waals surface area contributed by atoms with Crippen molar-refractivity contribution in [3.05, 3.63) is 53.4 Å². The summed E-state index contributed by atoms with van der Waals surface area (Å²) < 4.78 is 14.4. The minimum absolute atomic E-state index is 0. The summed E-state index contributed by atoms with van der Waals surface area (Å²) in [6, 6.07) is 4.17. The molecule has 3 aliphatic rings. The molecule has 0 amide bonds. The number of rotatable bonds is 5. The van der Waals surface area contributed by atoms with Crippen LogP contribution in [-0.2, 0) is 0 Å². The maximum atomic E-state index is 14.4. The number of aromatic nitrogens is 1. The second-order valence-corrected chi connectivity index (χ2v) is 8.73. The van der Waals surface area contributed by atoms with E-state index in [4.69, 9.17) is 0 Å². The summed E-state index contributed by atoms with van der Waals surface area (Å²) in [7, 11) is 0. The molecule has 0 aromatic carbocycles. The van der Waals surface area contributed by atoms with E-state index in [1.54, 1.807) is 29.6 Å². The standard InChI is InChI=1S/C19H22FN3S2.C2H6.H2/c1-3-25-15-10-13(6-8-21-15)17-16(22-18(23-17)24-2)12-5-4-7-19(20)11-14(19)9-12;1-2;/h4,6-10,14,18,22-23H,3,5,11H2,1-2H3;1-2H3;1H. The fourth-order valence-corrected chi connectivity index (χ4v) is 4.49. The molecule has 1 aromatic heterocycles. The molecule has 4 rings (SSSR count). The molecule has 1 aliphatic heterocycles. The van der Waals surface area contributed by atoms with Crippen LogP contribution in [0.3, 0.4) is 0 Å². The van der Waals surface area contributed by atoms with Gasteiger partial charge in [0.25, 0.3) is 0 Å². The van der Waals surface area contributed by atoms with Gasteiger partial charge in [0.05, 0.1) is 16.4 Å². The number of thioether (sulfide) groups is 2. The maximum absolute atomic E-state index is 14.4. The molecule has 2 heterocycles. The average molecular weight is 408 g/mol. The lowest BCUT2D eigenvalue weighted by atomic mass is 10.0. The van der Waals surface area contributed by atoms with Gasteiger partial charge in [0, 0.05) is 19.1 Å². The molecule has 3 atom stereocenters. The van der Waals surface area contributed by atoms with Gasteiger partial charge < -0.3 is 10.6 Å². The summed E-state index contributed by atoms with van der Waals surface area (Å²) in [5.41, 5.74) is 3.52. The zero-order valence-electron chi connectivity index (χ0n) is 16.4. The third-order valence-corrected chi connectivity index (χ3v) is 6.31. The Labute approximate surface area is 171 Å². The number of nitrogens with one attached hydrogen (secondary N) is 2. The van der Waals surface area contributed by atoms with Gasteiger partial charge in [-0.25, -0.2) is 9.37 Å². The van der Waals surface area contributed by atoms with E-state index in [1.165, 1.54) is 5.57 Å². The van der Waals surface area contributed by atoms with E-state index in [9.17, 15) is 4.39 Å². The number of pyridine rings is 1. The molecule has 2 N–H and O–H groups in total. The third kappa shape index (κ3) is 4.37. The van der Waals surface area contributed by atoms with Crippen LogP contribution in [0.1, 0.15) is 40.6 Å². The zero-order valence-corrected chi connectivity index (χ0v) is 18.0. The molecular weight excluding hydrogens is 377 g/mol. The van der Waals surface area contributed by atoms with Gasteiger partial charge in [-0.3, -0.25) is 0 Å². The molecule has 0 saturated heterocycles. The molecule has 6 heteroatoms. The van der Waals surface area contributed by atoms with Gasteiger partial charge in [0.1, 0.15) is 11.2 Å². The number of halogens is 1. The summed E-state index contributed by atoms with van der Waals surface area (Å²) in [6.07, 6.45) is 11.2. The molecule has 0 spiro atoms. The van der Waals surface area contributed by atoms with E-state index in [0.29, 0.717) is 6.42 Å².